The lowest BCUT2D eigenvalue weighted by molar-refractivity contribution is 0.279. The van der Waals surface area contributed by atoms with Gasteiger partial charge in [-0.15, -0.1) is 0 Å². The molecule has 78 valence electrons. The molecule has 0 radical (unpaired) electrons. The van der Waals surface area contributed by atoms with Crippen LogP contribution in [0.4, 0.5) is 8.78 Å². The second kappa shape index (κ2) is 5.02. The summed E-state index contributed by atoms with van der Waals surface area (Å²) in [5, 5.41) is 8.56. The van der Waals surface area contributed by atoms with Gasteiger partial charge in [-0.2, -0.15) is 0 Å². The first kappa shape index (κ1) is 11.1. The molecule has 1 rings (SSSR count). The highest BCUT2D eigenvalue weighted by Gasteiger charge is 2.13. The van der Waals surface area contributed by atoms with E-state index in [1.807, 2.05) is 0 Å². The smallest absolute Gasteiger partial charge is 0.163 e. The highest BCUT2D eigenvalue weighted by Crippen LogP contribution is 2.20. The lowest BCUT2D eigenvalue weighted by Gasteiger charge is -2.12. The maximum atomic E-state index is 13.2. The third-order valence-electron chi connectivity index (χ3n) is 2.05. The number of benzene rings is 1. The van der Waals surface area contributed by atoms with Crippen LogP contribution < -0.4 is 5.73 Å². The van der Waals surface area contributed by atoms with Crippen LogP contribution in [0.1, 0.15) is 24.4 Å². The Balaban J connectivity index is 2.79. The van der Waals surface area contributed by atoms with Gasteiger partial charge in [0.25, 0.3) is 0 Å². The van der Waals surface area contributed by atoms with Gasteiger partial charge in [0.15, 0.2) is 11.6 Å². The molecule has 1 atom stereocenters. The van der Waals surface area contributed by atoms with Crippen LogP contribution in [-0.2, 0) is 0 Å². The molecule has 0 aromatic heterocycles. The van der Waals surface area contributed by atoms with Gasteiger partial charge in [-0.25, -0.2) is 8.78 Å². The second-order valence-corrected chi connectivity index (χ2v) is 3.12. The van der Waals surface area contributed by atoms with Crippen LogP contribution >= 0.6 is 0 Å². The summed E-state index contributed by atoms with van der Waals surface area (Å²) >= 11 is 0. The maximum absolute atomic E-state index is 13.2. The molecule has 2 nitrogen and oxygen atoms in total. The van der Waals surface area contributed by atoms with Gasteiger partial charge in [-0.05, 0) is 18.9 Å². The highest BCUT2D eigenvalue weighted by atomic mass is 19.2. The van der Waals surface area contributed by atoms with Crippen molar-refractivity contribution in [3.8, 4) is 0 Å². The predicted octanol–water partition coefficient (Wildman–Crippen LogP) is 1.74. The van der Waals surface area contributed by atoms with Crippen LogP contribution in [-0.4, -0.2) is 11.7 Å². The Kier molecular flexibility index (Phi) is 3.98. The molecule has 0 saturated carbocycles. The van der Waals surface area contributed by atoms with E-state index < -0.39 is 17.7 Å². The minimum atomic E-state index is -0.891. The van der Waals surface area contributed by atoms with Gasteiger partial charge in [0.2, 0.25) is 0 Å². The second-order valence-electron chi connectivity index (χ2n) is 3.12. The van der Waals surface area contributed by atoms with Crippen molar-refractivity contribution in [1.82, 2.24) is 0 Å². The molecular weight excluding hydrogens is 188 g/mol. The van der Waals surface area contributed by atoms with Crippen molar-refractivity contribution in [2.75, 3.05) is 6.61 Å². The Hall–Kier alpha value is -1.00. The summed E-state index contributed by atoms with van der Waals surface area (Å²) in [6, 6.07) is 3.38. The number of aliphatic hydroxyl groups is 1. The summed E-state index contributed by atoms with van der Waals surface area (Å²) in [5.41, 5.74) is 5.80. The zero-order chi connectivity index (χ0) is 10.6. The van der Waals surface area contributed by atoms with Crippen LogP contribution in [0.3, 0.4) is 0 Å². The van der Waals surface area contributed by atoms with Gasteiger partial charge in [-0.1, -0.05) is 12.1 Å². The zero-order valence-electron chi connectivity index (χ0n) is 7.71. The van der Waals surface area contributed by atoms with Gasteiger partial charge in [0, 0.05) is 18.2 Å². The van der Waals surface area contributed by atoms with E-state index in [0.717, 1.165) is 6.07 Å². The fraction of sp³-hybridized carbons (Fsp3) is 0.400. The van der Waals surface area contributed by atoms with Crippen LogP contribution in [0, 0.1) is 11.6 Å². The van der Waals surface area contributed by atoms with E-state index in [0.29, 0.717) is 12.8 Å². The fourth-order valence-corrected chi connectivity index (χ4v) is 1.27. The topological polar surface area (TPSA) is 46.2 Å². The SMILES string of the molecule is NC(CCCO)c1cccc(F)c1F. The molecule has 0 saturated heterocycles. The van der Waals surface area contributed by atoms with Gasteiger partial charge in [-0.3, -0.25) is 0 Å². The predicted molar refractivity (Wildman–Crippen MR) is 49.6 cm³/mol. The first-order valence-electron chi connectivity index (χ1n) is 4.47. The van der Waals surface area contributed by atoms with Crippen LogP contribution in [0.15, 0.2) is 18.2 Å². The monoisotopic (exact) mass is 201 g/mol. The van der Waals surface area contributed by atoms with E-state index in [4.69, 9.17) is 10.8 Å². The summed E-state index contributed by atoms with van der Waals surface area (Å²) in [7, 11) is 0. The number of hydrogen-bond donors (Lipinski definition) is 2. The number of rotatable bonds is 4. The standard InChI is InChI=1S/C10H13F2NO/c11-8-4-1-3-7(10(8)12)9(13)5-2-6-14/h1,3-4,9,14H,2,5-6,13H2. The van der Waals surface area contributed by atoms with Crippen LogP contribution in [0.5, 0.6) is 0 Å². The fourth-order valence-electron chi connectivity index (χ4n) is 1.27. The van der Waals surface area contributed by atoms with E-state index in [1.54, 1.807) is 0 Å². The number of nitrogens with two attached hydrogens (primary N) is 1. The van der Waals surface area contributed by atoms with Crippen molar-refractivity contribution < 1.29 is 13.9 Å². The minimum absolute atomic E-state index is 0.00460. The largest absolute Gasteiger partial charge is 0.396 e. The van der Waals surface area contributed by atoms with E-state index >= 15 is 0 Å². The molecule has 4 heteroatoms. The van der Waals surface area contributed by atoms with E-state index in [9.17, 15) is 8.78 Å². The molecule has 1 aromatic carbocycles. The van der Waals surface area contributed by atoms with Crippen molar-refractivity contribution in [2.45, 2.75) is 18.9 Å². The van der Waals surface area contributed by atoms with Gasteiger partial charge in [0.1, 0.15) is 0 Å². The Labute approximate surface area is 81.4 Å². The lowest BCUT2D eigenvalue weighted by Crippen LogP contribution is -2.13. The molecule has 0 aliphatic carbocycles. The van der Waals surface area contributed by atoms with Crippen LogP contribution in [0.25, 0.3) is 0 Å². The van der Waals surface area contributed by atoms with E-state index in [1.165, 1.54) is 12.1 Å². The van der Waals surface area contributed by atoms with Crippen molar-refractivity contribution >= 4 is 0 Å². The first-order valence-corrected chi connectivity index (χ1v) is 4.47. The molecular formula is C10H13F2NO. The molecule has 0 spiro atoms. The van der Waals surface area contributed by atoms with Crippen molar-refractivity contribution in [3.63, 3.8) is 0 Å². The molecule has 0 fully saturated rings. The van der Waals surface area contributed by atoms with Crippen molar-refractivity contribution in [3.05, 3.63) is 35.4 Å². The molecule has 1 unspecified atom stereocenters. The molecule has 0 aliphatic rings. The van der Waals surface area contributed by atoms with Gasteiger partial charge in [0.05, 0.1) is 0 Å². The summed E-state index contributed by atoms with van der Waals surface area (Å²) < 4.78 is 25.9. The molecule has 1 aromatic rings. The number of aliphatic hydroxyl groups excluding tert-OH is 1. The van der Waals surface area contributed by atoms with Crippen molar-refractivity contribution in [2.24, 2.45) is 5.73 Å². The normalized spacial score (nSPS) is 12.9. The maximum Gasteiger partial charge on any atom is 0.163 e. The lowest BCUT2D eigenvalue weighted by atomic mass is 10.0. The summed E-state index contributed by atoms with van der Waals surface area (Å²) in [4.78, 5) is 0. The summed E-state index contributed by atoms with van der Waals surface area (Å²) in [6.45, 7) is 0.00460. The third kappa shape index (κ3) is 2.49. The quantitative estimate of drug-likeness (QED) is 0.779. The summed E-state index contributed by atoms with van der Waals surface area (Å²) in [6.07, 6.45) is 0.925. The Bertz CT molecular complexity index is 304. The average Bonchev–Trinajstić information content (AvgIpc) is 2.18. The Morgan fingerprint density at radius 1 is 1.36 bits per heavy atom. The molecule has 0 aliphatic heterocycles. The minimum Gasteiger partial charge on any atom is -0.396 e. The number of halogens is 2. The molecule has 0 heterocycles. The highest BCUT2D eigenvalue weighted by molar-refractivity contribution is 5.22. The van der Waals surface area contributed by atoms with Crippen LogP contribution in [0.2, 0.25) is 0 Å². The van der Waals surface area contributed by atoms with E-state index in [2.05, 4.69) is 0 Å². The molecule has 0 amide bonds. The van der Waals surface area contributed by atoms with Gasteiger partial charge >= 0.3 is 0 Å². The number of hydrogen-bond acceptors (Lipinski definition) is 2. The Morgan fingerprint density at radius 2 is 2.07 bits per heavy atom. The summed E-state index contributed by atoms with van der Waals surface area (Å²) in [5.74, 6) is -1.78. The average molecular weight is 201 g/mol. The third-order valence-corrected chi connectivity index (χ3v) is 2.05. The zero-order valence-corrected chi connectivity index (χ0v) is 7.71. The Morgan fingerprint density at radius 3 is 2.71 bits per heavy atom. The first-order chi connectivity index (χ1) is 6.66. The molecule has 3 N–H and O–H groups in total. The molecule has 14 heavy (non-hydrogen) atoms. The molecule has 0 bridgehead atoms. The van der Waals surface area contributed by atoms with E-state index in [-0.39, 0.29) is 12.2 Å². The van der Waals surface area contributed by atoms with Crippen molar-refractivity contribution in [1.29, 1.82) is 0 Å². The van der Waals surface area contributed by atoms with Gasteiger partial charge < -0.3 is 10.8 Å².